The van der Waals surface area contributed by atoms with Crippen molar-refractivity contribution < 1.29 is 4.39 Å². The van der Waals surface area contributed by atoms with E-state index in [0.29, 0.717) is 0 Å². The zero-order valence-corrected chi connectivity index (χ0v) is 11.7. The summed E-state index contributed by atoms with van der Waals surface area (Å²) in [5, 5.41) is 3.38. The predicted molar refractivity (Wildman–Crippen MR) is 75.7 cm³/mol. The van der Waals surface area contributed by atoms with Crippen LogP contribution < -0.4 is 5.32 Å². The Morgan fingerprint density at radius 1 is 1.32 bits per heavy atom. The zero-order valence-electron chi connectivity index (χ0n) is 11.7. The summed E-state index contributed by atoms with van der Waals surface area (Å²) in [7, 11) is 0. The summed E-state index contributed by atoms with van der Waals surface area (Å²) in [4.78, 5) is 2.46. The zero-order chi connectivity index (χ0) is 13.2. The van der Waals surface area contributed by atoms with Crippen molar-refractivity contribution in [2.24, 2.45) is 5.92 Å². The highest BCUT2D eigenvalue weighted by molar-refractivity contribution is 5.27. The quantitative estimate of drug-likeness (QED) is 0.897. The Labute approximate surface area is 115 Å². The molecule has 0 amide bonds. The Morgan fingerprint density at radius 3 is 2.74 bits per heavy atom. The molecule has 1 aromatic rings. The highest BCUT2D eigenvalue weighted by Gasteiger charge is 2.31. The van der Waals surface area contributed by atoms with Crippen molar-refractivity contribution in [3.05, 3.63) is 35.1 Å². The lowest BCUT2D eigenvalue weighted by Gasteiger charge is -2.35. The average molecular weight is 262 g/mol. The molecule has 2 fully saturated rings. The largest absolute Gasteiger partial charge is 0.314 e. The van der Waals surface area contributed by atoms with Gasteiger partial charge < -0.3 is 5.32 Å². The van der Waals surface area contributed by atoms with Crippen molar-refractivity contribution in [2.45, 2.75) is 32.2 Å². The second-order valence-corrected chi connectivity index (χ2v) is 6.01. The maximum absolute atomic E-state index is 14.2. The monoisotopic (exact) mass is 262 g/mol. The number of benzene rings is 1. The van der Waals surface area contributed by atoms with E-state index in [0.717, 1.165) is 49.6 Å². The van der Waals surface area contributed by atoms with E-state index in [-0.39, 0.29) is 11.9 Å². The summed E-state index contributed by atoms with van der Waals surface area (Å²) >= 11 is 0. The molecule has 3 rings (SSSR count). The lowest BCUT2D eigenvalue weighted by Crippen LogP contribution is -2.45. The number of nitrogens with zero attached hydrogens (tertiary/aromatic N) is 1. The van der Waals surface area contributed by atoms with Crippen LogP contribution in [0.3, 0.4) is 0 Å². The summed E-state index contributed by atoms with van der Waals surface area (Å²) in [6.45, 7) is 6.16. The molecule has 1 atom stereocenters. The fraction of sp³-hybridized carbons (Fsp3) is 0.625. The first kappa shape index (κ1) is 13.1. The molecule has 104 valence electrons. The minimum atomic E-state index is -0.0326. The lowest BCUT2D eigenvalue weighted by atomic mass is 9.96. The van der Waals surface area contributed by atoms with Gasteiger partial charge in [0.15, 0.2) is 0 Å². The number of hydrogen-bond donors (Lipinski definition) is 1. The van der Waals surface area contributed by atoms with Gasteiger partial charge in [-0.1, -0.05) is 30.5 Å². The van der Waals surface area contributed by atoms with Crippen LogP contribution in [-0.4, -0.2) is 31.1 Å². The first-order valence-electron chi connectivity index (χ1n) is 7.45. The van der Waals surface area contributed by atoms with E-state index in [1.807, 2.05) is 12.1 Å². The number of hydrogen-bond acceptors (Lipinski definition) is 2. The highest BCUT2D eigenvalue weighted by Crippen LogP contribution is 2.40. The van der Waals surface area contributed by atoms with Gasteiger partial charge in [-0.25, -0.2) is 4.39 Å². The minimum Gasteiger partial charge on any atom is -0.314 e. The van der Waals surface area contributed by atoms with Crippen LogP contribution >= 0.6 is 0 Å². The first-order chi connectivity index (χ1) is 9.24. The van der Waals surface area contributed by atoms with Crippen LogP contribution in [0.4, 0.5) is 4.39 Å². The molecule has 2 aliphatic rings. The molecule has 1 heterocycles. The van der Waals surface area contributed by atoms with E-state index in [2.05, 4.69) is 17.1 Å². The highest BCUT2D eigenvalue weighted by atomic mass is 19.1. The van der Waals surface area contributed by atoms with E-state index < -0.39 is 0 Å². The molecule has 0 spiro atoms. The maximum atomic E-state index is 14.2. The van der Waals surface area contributed by atoms with Gasteiger partial charge in [-0.15, -0.1) is 0 Å². The summed E-state index contributed by atoms with van der Waals surface area (Å²) in [6.07, 6.45) is 3.78. The van der Waals surface area contributed by atoms with Crippen molar-refractivity contribution in [3.8, 4) is 0 Å². The Hall–Kier alpha value is -0.930. The summed E-state index contributed by atoms with van der Waals surface area (Å²) < 4.78 is 14.2. The molecule has 1 aromatic carbocycles. The fourth-order valence-electron chi connectivity index (χ4n) is 3.05. The molecule has 3 heteroatoms. The summed E-state index contributed by atoms with van der Waals surface area (Å²) in [5.41, 5.74) is 2.07. The van der Waals surface area contributed by atoms with Crippen LogP contribution in [0.15, 0.2) is 18.2 Å². The fourth-order valence-corrected chi connectivity index (χ4v) is 3.05. The van der Waals surface area contributed by atoms with Gasteiger partial charge in [0, 0.05) is 37.8 Å². The van der Waals surface area contributed by atoms with Crippen molar-refractivity contribution in [3.63, 3.8) is 0 Å². The minimum absolute atomic E-state index is 0.0326. The first-order valence-corrected chi connectivity index (χ1v) is 7.45. The van der Waals surface area contributed by atoms with Gasteiger partial charge in [-0.3, -0.25) is 4.90 Å². The SMILES string of the molecule is Cc1ccc(F)c([C@@H](CC2CC2)N2CCNCC2)c1. The van der Waals surface area contributed by atoms with Gasteiger partial charge in [-0.05, 0) is 25.3 Å². The van der Waals surface area contributed by atoms with Crippen LogP contribution in [0, 0.1) is 18.7 Å². The molecule has 1 N–H and O–H groups in total. The number of aryl methyl sites for hydroxylation is 1. The standard InChI is InChI=1S/C16H23FN2/c1-12-2-5-15(17)14(10-12)16(11-13-3-4-13)19-8-6-18-7-9-19/h2,5,10,13,16,18H,3-4,6-9,11H2,1H3/t16-/m1/s1. The van der Waals surface area contributed by atoms with Crippen molar-refractivity contribution >= 4 is 0 Å². The van der Waals surface area contributed by atoms with Crippen LogP contribution in [0.5, 0.6) is 0 Å². The van der Waals surface area contributed by atoms with Crippen LogP contribution in [-0.2, 0) is 0 Å². The molecule has 1 aliphatic carbocycles. The van der Waals surface area contributed by atoms with E-state index in [1.165, 1.54) is 12.8 Å². The molecule has 0 radical (unpaired) electrons. The third-order valence-corrected chi connectivity index (χ3v) is 4.36. The van der Waals surface area contributed by atoms with Crippen LogP contribution in [0.2, 0.25) is 0 Å². The smallest absolute Gasteiger partial charge is 0.128 e. The van der Waals surface area contributed by atoms with Gasteiger partial charge in [0.25, 0.3) is 0 Å². The Kier molecular flexibility index (Phi) is 3.85. The predicted octanol–water partition coefficient (Wildman–Crippen LogP) is 2.88. The normalized spacial score (nSPS) is 22.4. The second kappa shape index (κ2) is 5.59. The van der Waals surface area contributed by atoms with E-state index in [4.69, 9.17) is 0 Å². The summed E-state index contributed by atoms with van der Waals surface area (Å²) in [5.74, 6) is 0.787. The van der Waals surface area contributed by atoms with Crippen LogP contribution in [0.1, 0.15) is 36.4 Å². The van der Waals surface area contributed by atoms with E-state index >= 15 is 0 Å². The van der Waals surface area contributed by atoms with Crippen molar-refractivity contribution in [1.29, 1.82) is 0 Å². The van der Waals surface area contributed by atoms with E-state index in [1.54, 1.807) is 6.07 Å². The molecule has 0 unspecified atom stereocenters. The molecule has 19 heavy (non-hydrogen) atoms. The molecule has 1 saturated carbocycles. The third-order valence-electron chi connectivity index (χ3n) is 4.36. The van der Waals surface area contributed by atoms with E-state index in [9.17, 15) is 4.39 Å². The van der Waals surface area contributed by atoms with Gasteiger partial charge in [-0.2, -0.15) is 0 Å². The third kappa shape index (κ3) is 3.15. The number of halogens is 1. The molecule has 1 aliphatic heterocycles. The Balaban J connectivity index is 1.85. The van der Waals surface area contributed by atoms with Crippen molar-refractivity contribution in [1.82, 2.24) is 10.2 Å². The Bertz CT molecular complexity index is 436. The molecule has 0 aromatic heterocycles. The second-order valence-electron chi connectivity index (χ2n) is 6.01. The molecule has 1 saturated heterocycles. The maximum Gasteiger partial charge on any atom is 0.128 e. The Morgan fingerprint density at radius 2 is 2.05 bits per heavy atom. The van der Waals surface area contributed by atoms with Gasteiger partial charge >= 0.3 is 0 Å². The molecular formula is C16H23FN2. The lowest BCUT2D eigenvalue weighted by molar-refractivity contribution is 0.157. The van der Waals surface area contributed by atoms with Crippen molar-refractivity contribution in [2.75, 3.05) is 26.2 Å². The number of nitrogens with one attached hydrogen (secondary N) is 1. The topological polar surface area (TPSA) is 15.3 Å². The number of piperazine rings is 1. The molecule has 2 nitrogen and oxygen atoms in total. The summed E-state index contributed by atoms with van der Waals surface area (Å²) in [6, 6.07) is 5.82. The number of rotatable bonds is 4. The van der Waals surface area contributed by atoms with Gasteiger partial charge in [0.1, 0.15) is 5.82 Å². The molecular weight excluding hydrogens is 239 g/mol. The van der Waals surface area contributed by atoms with Gasteiger partial charge in [0.2, 0.25) is 0 Å². The van der Waals surface area contributed by atoms with Gasteiger partial charge in [0.05, 0.1) is 0 Å². The average Bonchev–Trinajstić information content (AvgIpc) is 3.24. The van der Waals surface area contributed by atoms with Crippen LogP contribution in [0.25, 0.3) is 0 Å². The molecule has 0 bridgehead atoms.